The van der Waals surface area contributed by atoms with Gasteiger partial charge in [-0.1, -0.05) is 150 Å². The number of amides is 4. The van der Waals surface area contributed by atoms with Crippen molar-refractivity contribution in [3.05, 3.63) is 156 Å². The van der Waals surface area contributed by atoms with Crippen LogP contribution in [0.3, 0.4) is 0 Å². The van der Waals surface area contributed by atoms with Crippen molar-refractivity contribution < 1.29 is 34.1 Å². The van der Waals surface area contributed by atoms with Gasteiger partial charge >= 0.3 is 0 Å². The number of carbonyl (C=O) groups is 4. The molecule has 6 aromatic carbocycles. The van der Waals surface area contributed by atoms with E-state index in [2.05, 4.69) is 26.6 Å². The number of aliphatic hydroxyl groups is 1. The van der Waals surface area contributed by atoms with E-state index in [0.717, 1.165) is 38.2 Å². The molecule has 0 saturated heterocycles. The second-order valence-electron chi connectivity index (χ2n) is 17.9. The number of phenols is 1. The maximum absolute atomic E-state index is 14.7. The quantitative estimate of drug-likeness (QED) is 0.0483. The Bertz CT molecular complexity index is 2580. The van der Waals surface area contributed by atoms with Crippen molar-refractivity contribution in [2.24, 2.45) is 11.3 Å². The molecule has 65 heavy (non-hydrogen) atoms. The fourth-order valence-electron chi connectivity index (χ4n) is 8.06. The molecule has 5 atom stereocenters. The normalized spacial score (nSPS) is 13.9. The van der Waals surface area contributed by atoms with Gasteiger partial charge in [0.25, 0.3) is 0 Å². The highest BCUT2D eigenvalue weighted by molar-refractivity contribution is 5.94. The van der Waals surface area contributed by atoms with Gasteiger partial charge in [0, 0.05) is 24.7 Å². The van der Waals surface area contributed by atoms with Crippen LogP contribution in [0, 0.1) is 11.3 Å². The van der Waals surface area contributed by atoms with E-state index in [1.807, 2.05) is 136 Å². The minimum atomic E-state index is -1.55. The zero-order chi connectivity index (χ0) is 46.7. The van der Waals surface area contributed by atoms with Crippen LogP contribution >= 0.6 is 0 Å². The number of hydrogen-bond donors (Lipinski definition) is 7. The van der Waals surface area contributed by atoms with Crippen molar-refractivity contribution >= 4 is 45.2 Å². The molecule has 0 aliphatic carbocycles. The number of benzene rings is 6. The zero-order valence-corrected chi connectivity index (χ0v) is 37.9. The molecule has 0 aliphatic rings. The van der Waals surface area contributed by atoms with Gasteiger partial charge < -0.3 is 36.2 Å². The van der Waals surface area contributed by atoms with Crippen molar-refractivity contribution in [3.8, 4) is 11.5 Å². The number of rotatable bonds is 19. The van der Waals surface area contributed by atoms with Gasteiger partial charge in [-0.2, -0.15) is 0 Å². The van der Waals surface area contributed by atoms with Crippen LogP contribution in [-0.4, -0.2) is 71.2 Å². The summed E-state index contributed by atoms with van der Waals surface area (Å²) in [7, 11) is 1.49. The lowest BCUT2D eigenvalue weighted by molar-refractivity contribution is -0.135. The third kappa shape index (κ3) is 12.5. The second-order valence-corrected chi connectivity index (χ2v) is 17.9. The van der Waals surface area contributed by atoms with E-state index in [-0.39, 0.29) is 43.5 Å². The van der Waals surface area contributed by atoms with Gasteiger partial charge in [0.2, 0.25) is 23.6 Å². The average molecular weight is 880 g/mol. The van der Waals surface area contributed by atoms with Crippen molar-refractivity contribution in [2.75, 3.05) is 7.11 Å². The number of phenolic OH excluding ortho intramolecular Hbond substituents is 1. The number of aromatic hydroxyl groups is 1. The molecular weight excluding hydrogens is 819 g/mol. The van der Waals surface area contributed by atoms with E-state index in [1.54, 1.807) is 26.0 Å². The molecule has 12 nitrogen and oxygen atoms in total. The molecule has 340 valence electrons. The standard InChI is InChI=1S/C53H61N5O7/c1-33(2)46(50(62)55-32-39-26-27-40(65-6)30-44(39)59)58-51(63)47(54-31-38-23-15-21-36-19-11-13-25-42(36)38)48(61)43(28-34-16-8-7-9-17-34)56-52(64)49(53(3,4)5)57-45(60)29-37-22-14-20-35-18-10-12-24-41(35)37/h7-27,30,33,43,46-49,54,59,61H,28-29,31-32H2,1-6H3,(H,55,62)(H,56,64)(H,57,60)(H,58,63). The number of fused-ring (bicyclic) bond motifs is 2. The number of methoxy groups -OCH3 is 1. The summed E-state index contributed by atoms with van der Waals surface area (Å²) in [5.41, 5.74) is 2.18. The lowest BCUT2D eigenvalue weighted by atomic mass is 9.85. The molecule has 0 aromatic heterocycles. The van der Waals surface area contributed by atoms with Crippen LogP contribution in [0.4, 0.5) is 0 Å². The average Bonchev–Trinajstić information content (AvgIpc) is 3.29. The lowest BCUT2D eigenvalue weighted by Gasteiger charge is -2.35. The number of aliphatic hydroxyl groups excluding tert-OH is 1. The van der Waals surface area contributed by atoms with Gasteiger partial charge in [0.1, 0.15) is 29.6 Å². The first kappa shape index (κ1) is 47.7. The second kappa shape index (κ2) is 21.7. The summed E-state index contributed by atoms with van der Waals surface area (Å²) in [6, 6.07) is 36.9. The Morgan fingerprint density at radius 2 is 1.23 bits per heavy atom. The van der Waals surface area contributed by atoms with Crippen molar-refractivity contribution in [1.29, 1.82) is 0 Å². The van der Waals surface area contributed by atoms with Crippen LogP contribution in [0.2, 0.25) is 0 Å². The predicted octanol–water partition coefficient (Wildman–Crippen LogP) is 6.48. The molecule has 0 fully saturated rings. The van der Waals surface area contributed by atoms with E-state index >= 15 is 0 Å². The third-order valence-corrected chi connectivity index (χ3v) is 11.7. The van der Waals surface area contributed by atoms with E-state index in [1.165, 1.54) is 13.2 Å². The minimum absolute atomic E-state index is 0.0161. The van der Waals surface area contributed by atoms with Crippen molar-refractivity contribution in [2.45, 2.75) is 90.8 Å². The molecule has 0 aliphatic heterocycles. The lowest BCUT2D eigenvalue weighted by Crippen LogP contribution is -2.64. The molecule has 4 amide bonds. The first-order valence-electron chi connectivity index (χ1n) is 22.0. The highest BCUT2D eigenvalue weighted by Crippen LogP contribution is 2.25. The molecule has 0 bridgehead atoms. The molecule has 7 N–H and O–H groups in total. The smallest absolute Gasteiger partial charge is 0.243 e. The summed E-state index contributed by atoms with van der Waals surface area (Å²) in [6.45, 7) is 9.30. The Morgan fingerprint density at radius 3 is 1.85 bits per heavy atom. The van der Waals surface area contributed by atoms with Crippen LogP contribution in [-0.2, 0) is 45.1 Å². The zero-order valence-electron chi connectivity index (χ0n) is 37.9. The summed E-state index contributed by atoms with van der Waals surface area (Å²) in [4.78, 5) is 56.8. The van der Waals surface area contributed by atoms with Gasteiger partial charge in [-0.3, -0.25) is 24.5 Å². The molecule has 0 spiro atoms. The van der Waals surface area contributed by atoms with Gasteiger partial charge in [-0.25, -0.2) is 0 Å². The van der Waals surface area contributed by atoms with Gasteiger partial charge in [0.15, 0.2) is 0 Å². The van der Waals surface area contributed by atoms with Crippen molar-refractivity contribution in [1.82, 2.24) is 26.6 Å². The fourth-order valence-corrected chi connectivity index (χ4v) is 8.06. The van der Waals surface area contributed by atoms with E-state index in [9.17, 15) is 29.4 Å². The highest BCUT2D eigenvalue weighted by Gasteiger charge is 2.39. The molecule has 12 heteroatoms. The number of ether oxygens (including phenoxy) is 1. The molecule has 0 saturated carbocycles. The summed E-state index contributed by atoms with van der Waals surface area (Å²) >= 11 is 0. The molecule has 0 heterocycles. The first-order chi connectivity index (χ1) is 31.1. The SMILES string of the molecule is COc1ccc(CNC(=O)C(NC(=O)C(NCc2cccc3ccccc23)C(O)C(Cc2ccccc2)NC(=O)C(NC(=O)Cc2cccc3ccccc23)C(C)(C)C)C(C)C)c(O)c1. The number of hydrogen-bond acceptors (Lipinski definition) is 8. The Morgan fingerprint density at radius 1 is 0.631 bits per heavy atom. The fraction of sp³-hybridized carbons (Fsp3) is 0.321. The monoisotopic (exact) mass is 879 g/mol. The Labute approximate surface area is 381 Å². The number of nitrogens with one attached hydrogen (secondary N) is 5. The topological polar surface area (TPSA) is 178 Å². The van der Waals surface area contributed by atoms with Crippen LogP contribution in [0.5, 0.6) is 11.5 Å². The summed E-state index contributed by atoms with van der Waals surface area (Å²) in [5, 5.41) is 42.0. The van der Waals surface area contributed by atoms with Crippen LogP contribution in [0.25, 0.3) is 21.5 Å². The van der Waals surface area contributed by atoms with Crippen LogP contribution in [0.15, 0.2) is 133 Å². The molecule has 6 rings (SSSR count). The van der Waals surface area contributed by atoms with Crippen LogP contribution < -0.4 is 31.3 Å². The van der Waals surface area contributed by atoms with E-state index in [4.69, 9.17) is 4.74 Å². The van der Waals surface area contributed by atoms with Gasteiger partial charge in [-0.15, -0.1) is 0 Å². The van der Waals surface area contributed by atoms with Gasteiger partial charge in [0.05, 0.1) is 25.7 Å². The maximum Gasteiger partial charge on any atom is 0.243 e. The molecule has 5 unspecified atom stereocenters. The summed E-state index contributed by atoms with van der Waals surface area (Å²) in [5.74, 6) is -2.01. The molecule has 0 radical (unpaired) electrons. The molecular formula is C53H61N5O7. The van der Waals surface area contributed by atoms with Crippen LogP contribution in [0.1, 0.15) is 56.9 Å². The summed E-state index contributed by atoms with van der Waals surface area (Å²) < 4.78 is 5.18. The Hall–Kier alpha value is -6.76. The first-order valence-corrected chi connectivity index (χ1v) is 22.0. The number of carbonyl (C=O) groups excluding carboxylic acids is 4. The summed E-state index contributed by atoms with van der Waals surface area (Å²) in [6.07, 6.45) is -1.37. The Kier molecular flexibility index (Phi) is 16.0. The van der Waals surface area contributed by atoms with E-state index in [0.29, 0.717) is 11.3 Å². The van der Waals surface area contributed by atoms with Crippen molar-refractivity contribution in [3.63, 3.8) is 0 Å². The Balaban J connectivity index is 1.28. The predicted molar refractivity (Wildman–Crippen MR) is 255 cm³/mol. The van der Waals surface area contributed by atoms with Gasteiger partial charge in [-0.05, 0) is 68.1 Å². The highest BCUT2D eigenvalue weighted by atomic mass is 16.5. The third-order valence-electron chi connectivity index (χ3n) is 11.7. The van der Waals surface area contributed by atoms with E-state index < -0.39 is 53.4 Å². The largest absolute Gasteiger partial charge is 0.507 e. The minimum Gasteiger partial charge on any atom is -0.507 e. The molecule has 6 aromatic rings. The maximum atomic E-state index is 14.7.